The van der Waals surface area contributed by atoms with Gasteiger partial charge in [-0.2, -0.15) is 5.26 Å². The van der Waals surface area contributed by atoms with Gasteiger partial charge in [0, 0.05) is 12.6 Å². The average molecular weight is 214 g/mol. The van der Waals surface area contributed by atoms with Crippen LogP contribution in [-0.4, -0.2) is 18.0 Å². The van der Waals surface area contributed by atoms with Crippen LogP contribution in [0, 0.1) is 17.2 Å². The van der Waals surface area contributed by atoms with Gasteiger partial charge in [-0.3, -0.25) is 4.90 Å². The van der Waals surface area contributed by atoms with Gasteiger partial charge in [0.25, 0.3) is 0 Å². The summed E-state index contributed by atoms with van der Waals surface area (Å²) in [6.45, 7) is 3.16. The SMILES string of the molecule is C[C@H](C1CC1)N(C)Cc1ccccc1C#N. The van der Waals surface area contributed by atoms with Gasteiger partial charge in [0.2, 0.25) is 0 Å². The summed E-state index contributed by atoms with van der Waals surface area (Å²) in [4.78, 5) is 2.36. The summed E-state index contributed by atoms with van der Waals surface area (Å²) in [5, 5.41) is 9.02. The molecule has 2 nitrogen and oxygen atoms in total. The molecule has 1 aliphatic rings. The van der Waals surface area contributed by atoms with E-state index in [-0.39, 0.29) is 0 Å². The van der Waals surface area contributed by atoms with Crippen molar-refractivity contribution in [3.05, 3.63) is 35.4 Å². The van der Waals surface area contributed by atoms with Gasteiger partial charge in [-0.05, 0) is 44.4 Å². The second-order valence-electron chi connectivity index (χ2n) is 4.76. The Bertz CT molecular complexity index is 401. The lowest BCUT2D eigenvalue weighted by Crippen LogP contribution is -2.30. The molecular formula is C14H18N2. The molecule has 0 N–H and O–H groups in total. The lowest BCUT2D eigenvalue weighted by molar-refractivity contribution is 0.226. The van der Waals surface area contributed by atoms with Crippen LogP contribution in [-0.2, 0) is 6.54 Å². The van der Waals surface area contributed by atoms with Crippen molar-refractivity contribution >= 4 is 0 Å². The Morgan fingerprint density at radius 3 is 2.75 bits per heavy atom. The molecule has 0 radical (unpaired) electrons. The minimum absolute atomic E-state index is 0.631. The van der Waals surface area contributed by atoms with Gasteiger partial charge in [0.1, 0.15) is 0 Å². The average Bonchev–Trinajstić information content (AvgIpc) is 3.12. The Hall–Kier alpha value is -1.33. The molecule has 1 aromatic carbocycles. The predicted octanol–water partition coefficient (Wildman–Crippen LogP) is 2.79. The number of nitrogens with zero attached hydrogens (tertiary/aromatic N) is 2. The molecule has 1 fully saturated rings. The Labute approximate surface area is 97.5 Å². The maximum atomic E-state index is 9.02. The highest BCUT2D eigenvalue weighted by Gasteiger charge is 2.30. The van der Waals surface area contributed by atoms with Crippen LogP contribution >= 0.6 is 0 Å². The molecule has 0 unspecified atom stereocenters. The number of rotatable bonds is 4. The molecule has 2 heteroatoms. The van der Waals surface area contributed by atoms with Crippen LogP contribution in [0.4, 0.5) is 0 Å². The van der Waals surface area contributed by atoms with E-state index < -0.39 is 0 Å². The molecule has 0 bridgehead atoms. The summed E-state index contributed by atoms with van der Waals surface area (Å²) < 4.78 is 0. The highest BCUT2D eigenvalue weighted by atomic mass is 15.1. The van der Waals surface area contributed by atoms with Crippen LogP contribution in [0.15, 0.2) is 24.3 Å². The fraction of sp³-hybridized carbons (Fsp3) is 0.500. The number of benzene rings is 1. The van der Waals surface area contributed by atoms with E-state index >= 15 is 0 Å². The van der Waals surface area contributed by atoms with E-state index in [0.717, 1.165) is 23.6 Å². The zero-order chi connectivity index (χ0) is 11.5. The van der Waals surface area contributed by atoms with Gasteiger partial charge in [0.05, 0.1) is 11.6 Å². The Balaban J connectivity index is 2.05. The van der Waals surface area contributed by atoms with Gasteiger partial charge in [-0.25, -0.2) is 0 Å². The molecular weight excluding hydrogens is 196 g/mol. The van der Waals surface area contributed by atoms with Crippen molar-refractivity contribution in [1.29, 1.82) is 5.26 Å². The second-order valence-corrected chi connectivity index (χ2v) is 4.76. The highest BCUT2D eigenvalue weighted by molar-refractivity contribution is 5.37. The first-order valence-electron chi connectivity index (χ1n) is 5.90. The van der Waals surface area contributed by atoms with E-state index in [9.17, 15) is 0 Å². The van der Waals surface area contributed by atoms with Crippen molar-refractivity contribution in [3.8, 4) is 6.07 Å². The summed E-state index contributed by atoms with van der Waals surface area (Å²) >= 11 is 0. The van der Waals surface area contributed by atoms with Gasteiger partial charge in [0.15, 0.2) is 0 Å². The molecule has 84 valence electrons. The molecule has 0 aromatic heterocycles. The van der Waals surface area contributed by atoms with Gasteiger partial charge in [-0.15, -0.1) is 0 Å². The normalized spacial score (nSPS) is 17.1. The molecule has 0 saturated heterocycles. The van der Waals surface area contributed by atoms with Crippen molar-refractivity contribution in [3.63, 3.8) is 0 Å². The smallest absolute Gasteiger partial charge is 0.0995 e. The number of hydrogen-bond acceptors (Lipinski definition) is 2. The molecule has 0 heterocycles. The maximum absolute atomic E-state index is 9.02. The van der Waals surface area contributed by atoms with Crippen LogP contribution in [0.5, 0.6) is 0 Å². The quantitative estimate of drug-likeness (QED) is 0.770. The van der Waals surface area contributed by atoms with Crippen molar-refractivity contribution < 1.29 is 0 Å². The fourth-order valence-corrected chi connectivity index (χ4v) is 2.12. The standard InChI is InChI=1S/C14H18N2/c1-11(12-7-8-12)16(2)10-14-6-4-3-5-13(14)9-15/h3-6,11-12H,7-8,10H2,1-2H3/t11-/m1/s1. The monoisotopic (exact) mass is 214 g/mol. The molecule has 0 spiro atoms. The van der Waals surface area contributed by atoms with E-state index in [4.69, 9.17) is 5.26 Å². The minimum Gasteiger partial charge on any atom is -0.299 e. The van der Waals surface area contributed by atoms with E-state index in [2.05, 4.69) is 31.0 Å². The molecule has 1 atom stereocenters. The van der Waals surface area contributed by atoms with Gasteiger partial charge < -0.3 is 0 Å². The largest absolute Gasteiger partial charge is 0.299 e. The van der Waals surface area contributed by atoms with E-state index in [1.54, 1.807) is 0 Å². The van der Waals surface area contributed by atoms with Crippen molar-refractivity contribution in [1.82, 2.24) is 4.90 Å². The lowest BCUT2D eigenvalue weighted by atomic mass is 10.1. The Kier molecular flexibility index (Phi) is 3.26. The summed E-state index contributed by atoms with van der Waals surface area (Å²) in [7, 11) is 2.15. The van der Waals surface area contributed by atoms with Crippen LogP contribution in [0.25, 0.3) is 0 Å². The van der Waals surface area contributed by atoms with Gasteiger partial charge >= 0.3 is 0 Å². The van der Waals surface area contributed by atoms with Crippen LogP contribution < -0.4 is 0 Å². The maximum Gasteiger partial charge on any atom is 0.0995 e. The molecule has 1 saturated carbocycles. The van der Waals surface area contributed by atoms with E-state index in [0.29, 0.717) is 6.04 Å². The minimum atomic E-state index is 0.631. The first-order chi connectivity index (χ1) is 7.72. The molecule has 2 rings (SSSR count). The predicted molar refractivity (Wildman–Crippen MR) is 64.8 cm³/mol. The third kappa shape index (κ3) is 2.43. The van der Waals surface area contributed by atoms with E-state index in [1.165, 1.54) is 12.8 Å². The van der Waals surface area contributed by atoms with E-state index in [1.807, 2.05) is 18.2 Å². The molecule has 0 aliphatic heterocycles. The Morgan fingerprint density at radius 2 is 2.12 bits per heavy atom. The zero-order valence-electron chi connectivity index (χ0n) is 9.98. The third-order valence-corrected chi connectivity index (χ3v) is 3.56. The molecule has 1 aliphatic carbocycles. The van der Waals surface area contributed by atoms with Crippen LogP contribution in [0.1, 0.15) is 30.9 Å². The zero-order valence-corrected chi connectivity index (χ0v) is 9.98. The highest BCUT2D eigenvalue weighted by Crippen LogP contribution is 2.35. The lowest BCUT2D eigenvalue weighted by Gasteiger charge is -2.24. The first-order valence-corrected chi connectivity index (χ1v) is 5.90. The summed E-state index contributed by atoms with van der Waals surface area (Å²) in [5.41, 5.74) is 1.94. The van der Waals surface area contributed by atoms with Gasteiger partial charge in [-0.1, -0.05) is 18.2 Å². The van der Waals surface area contributed by atoms with Crippen molar-refractivity contribution in [2.24, 2.45) is 5.92 Å². The van der Waals surface area contributed by atoms with Crippen LogP contribution in [0.2, 0.25) is 0 Å². The molecule has 0 amide bonds. The third-order valence-electron chi connectivity index (χ3n) is 3.56. The summed E-state index contributed by atoms with van der Waals surface area (Å²) in [6, 6.07) is 10.8. The van der Waals surface area contributed by atoms with Crippen molar-refractivity contribution in [2.75, 3.05) is 7.05 Å². The molecule has 16 heavy (non-hydrogen) atoms. The summed E-state index contributed by atoms with van der Waals surface area (Å²) in [6.07, 6.45) is 2.73. The molecule has 1 aromatic rings. The summed E-state index contributed by atoms with van der Waals surface area (Å²) in [5.74, 6) is 0.874. The number of hydrogen-bond donors (Lipinski definition) is 0. The second kappa shape index (κ2) is 4.67. The van der Waals surface area contributed by atoms with Crippen LogP contribution in [0.3, 0.4) is 0 Å². The Morgan fingerprint density at radius 1 is 1.44 bits per heavy atom. The topological polar surface area (TPSA) is 27.0 Å². The van der Waals surface area contributed by atoms with Crippen molar-refractivity contribution in [2.45, 2.75) is 32.4 Å². The fourth-order valence-electron chi connectivity index (χ4n) is 2.12. The first kappa shape index (κ1) is 11.2. The number of nitriles is 1.